The zero-order chi connectivity index (χ0) is 14.4. The van der Waals surface area contributed by atoms with Crippen molar-refractivity contribution in [3.63, 3.8) is 0 Å². The van der Waals surface area contributed by atoms with Gasteiger partial charge in [0.05, 0.1) is 11.3 Å². The number of benzene rings is 1. The maximum atomic E-state index is 9.34. The highest BCUT2D eigenvalue weighted by Gasteiger charge is 2.07. The number of rotatable bonds is 2. The van der Waals surface area contributed by atoms with Crippen LogP contribution < -0.4 is 5.73 Å². The third kappa shape index (κ3) is 3.06. The summed E-state index contributed by atoms with van der Waals surface area (Å²) in [5, 5.41) is 36.3. The highest BCUT2D eigenvalue weighted by molar-refractivity contribution is 5.67. The van der Waals surface area contributed by atoms with Crippen LogP contribution in [0.4, 0.5) is 0 Å². The Hall–Kier alpha value is -3.36. The Morgan fingerprint density at radius 1 is 1.21 bits per heavy atom. The highest BCUT2D eigenvalue weighted by atomic mass is 16.3. The van der Waals surface area contributed by atoms with Crippen LogP contribution in [-0.2, 0) is 0 Å². The average molecular weight is 251 g/mol. The molecule has 92 valence electrons. The van der Waals surface area contributed by atoms with E-state index in [0.717, 1.165) is 0 Å². The summed E-state index contributed by atoms with van der Waals surface area (Å²) in [7, 11) is 0. The van der Waals surface area contributed by atoms with Gasteiger partial charge in [0.1, 0.15) is 17.7 Å². The van der Waals surface area contributed by atoms with Crippen molar-refractivity contribution in [2.75, 3.05) is 0 Å². The summed E-state index contributed by atoms with van der Waals surface area (Å²) in [6, 6.07) is 7.52. The molecule has 0 saturated carbocycles. The first kappa shape index (κ1) is 13.7. The van der Waals surface area contributed by atoms with E-state index in [1.54, 1.807) is 6.07 Å². The van der Waals surface area contributed by atoms with Gasteiger partial charge in [-0.1, -0.05) is 12.0 Å². The summed E-state index contributed by atoms with van der Waals surface area (Å²) >= 11 is 0. The third-order valence-electron chi connectivity index (χ3n) is 2.25. The molecule has 0 saturated heterocycles. The number of hydrogen-bond acceptors (Lipinski definition) is 5. The Labute approximate surface area is 110 Å². The van der Waals surface area contributed by atoms with Crippen LogP contribution in [-0.4, -0.2) is 10.2 Å². The van der Waals surface area contributed by atoms with Crippen LogP contribution in [0.15, 0.2) is 35.0 Å². The van der Waals surface area contributed by atoms with Gasteiger partial charge in [0.2, 0.25) is 0 Å². The van der Waals surface area contributed by atoms with Crippen molar-refractivity contribution in [1.29, 1.82) is 10.5 Å². The Morgan fingerprint density at radius 2 is 1.89 bits per heavy atom. The maximum absolute atomic E-state index is 9.34. The normalized spacial score (nSPS) is 11.7. The van der Waals surface area contributed by atoms with E-state index in [-0.39, 0.29) is 28.3 Å². The molecular weight excluding hydrogens is 242 g/mol. The molecule has 0 heterocycles. The van der Waals surface area contributed by atoms with Crippen molar-refractivity contribution in [1.82, 2.24) is 0 Å². The fourth-order valence-electron chi connectivity index (χ4n) is 1.27. The van der Waals surface area contributed by atoms with E-state index in [1.165, 1.54) is 24.3 Å². The van der Waals surface area contributed by atoms with E-state index in [9.17, 15) is 5.11 Å². The first-order valence-electron chi connectivity index (χ1n) is 5.04. The smallest absolute Gasteiger partial charge is 0.157 e. The number of nitrogens with two attached hydrogens (primary N) is 1. The quantitative estimate of drug-likeness (QED) is 0.318. The molecule has 0 aliphatic carbocycles. The zero-order valence-corrected chi connectivity index (χ0v) is 9.75. The average Bonchev–Trinajstić information content (AvgIpc) is 2.41. The molecule has 5 nitrogen and oxygen atoms in total. The SMILES string of the molecule is C#C/C(C#N)=C(N)/C(C#N)=C/c1ccc(O)c(O)c1. The van der Waals surface area contributed by atoms with Gasteiger partial charge in [-0.2, -0.15) is 10.5 Å². The van der Waals surface area contributed by atoms with Crippen LogP contribution in [0.25, 0.3) is 6.08 Å². The lowest BCUT2D eigenvalue weighted by atomic mass is 10.1. The van der Waals surface area contributed by atoms with Crippen LogP contribution >= 0.6 is 0 Å². The number of nitriles is 2. The minimum atomic E-state index is -0.328. The van der Waals surface area contributed by atoms with Crippen molar-refractivity contribution in [3.8, 4) is 36.0 Å². The minimum absolute atomic E-state index is 0.000380. The number of phenols is 2. The van der Waals surface area contributed by atoms with Crippen molar-refractivity contribution < 1.29 is 10.2 Å². The molecule has 0 aliphatic rings. The standard InChI is InChI=1S/C14H9N3O2/c1-2-10(7-15)14(17)11(8-16)5-9-3-4-12(18)13(19)6-9/h1,3-6,18-19H,17H2/b11-5+,14-10+. The number of aromatic hydroxyl groups is 2. The molecule has 0 atom stereocenters. The number of nitrogens with zero attached hydrogens (tertiary/aromatic N) is 2. The number of terminal acetylenes is 1. The van der Waals surface area contributed by atoms with Crippen molar-refractivity contribution in [2.24, 2.45) is 5.73 Å². The predicted octanol–water partition coefficient (Wildman–Crippen LogP) is 1.37. The first-order chi connectivity index (χ1) is 9.03. The summed E-state index contributed by atoms with van der Waals surface area (Å²) in [6.45, 7) is 0. The number of hydrogen-bond donors (Lipinski definition) is 3. The van der Waals surface area contributed by atoms with E-state index in [2.05, 4.69) is 5.92 Å². The fourth-order valence-corrected chi connectivity index (χ4v) is 1.27. The molecule has 1 aromatic carbocycles. The molecule has 19 heavy (non-hydrogen) atoms. The number of allylic oxidation sites excluding steroid dienone is 2. The molecule has 1 aromatic rings. The van der Waals surface area contributed by atoms with Crippen LogP contribution in [0.2, 0.25) is 0 Å². The maximum Gasteiger partial charge on any atom is 0.157 e. The van der Waals surface area contributed by atoms with Crippen LogP contribution in [0.1, 0.15) is 5.56 Å². The van der Waals surface area contributed by atoms with Crippen molar-refractivity contribution in [3.05, 3.63) is 40.6 Å². The summed E-state index contributed by atoms with van der Waals surface area (Å²) in [6.07, 6.45) is 6.44. The largest absolute Gasteiger partial charge is 0.504 e. The Kier molecular flexibility index (Phi) is 4.20. The highest BCUT2D eigenvalue weighted by Crippen LogP contribution is 2.26. The number of phenolic OH excluding ortho intramolecular Hbond substituents is 2. The van der Waals surface area contributed by atoms with Gasteiger partial charge in [0, 0.05) is 0 Å². The molecule has 0 aromatic heterocycles. The molecule has 5 heteroatoms. The van der Waals surface area contributed by atoms with Gasteiger partial charge >= 0.3 is 0 Å². The molecule has 1 rings (SSSR count). The van der Waals surface area contributed by atoms with E-state index >= 15 is 0 Å². The van der Waals surface area contributed by atoms with E-state index < -0.39 is 0 Å². The second-order valence-corrected chi connectivity index (χ2v) is 3.46. The second-order valence-electron chi connectivity index (χ2n) is 3.46. The second kappa shape index (κ2) is 5.82. The summed E-state index contributed by atoms with van der Waals surface area (Å²) in [4.78, 5) is 0. The van der Waals surface area contributed by atoms with Gasteiger partial charge in [-0.25, -0.2) is 0 Å². The molecule has 0 unspecified atom stereocenters. The summed E-state index contributed by atoms with van der Waals surface area (Å²) in [5.41, 5.74) is 5.80. The van der Waals surface area contributed by atoms with E-state index in [4.69, 9.17) is 27.8 Å². The molecule has 0 fully saturated rings. The van der Waals surface area contributed by atoms with Gasteiger partial charge in [-0.05, 0) is 23.8 Å². The van der Waals surface area contributed by atoms with E-state index in [0.29, 0.717) is 5.56 Å². The fraction of sp³-hybridized carbons (Fsp3) is 0. The molecular formula is C14H9N3O2. The van der Waals surface area contributed by atoms with Crippen LogP contribution in [0.3, 0.4) is 0 Å². The van der Waals surface area contributed by atoms with Crippen molar-refractivity contribution >= 4 is 6.08 Å². The van der Waals surface area contributed by atoms with Gasteiger partial charge in [0.25, 0.3) is 0 Å². The van der Waals surface area contributed by atoms with E-state index in [1.807, 2.05) is 6.07 Å². The predicted molar refractivity (Wildman–Crippen MR) is 69.0 cm³/mol. The molecule has 0 aliphatic heterocycles. The van der Waals surface area contributed by atoms with Gasteiger partial charge in [-0.3, -0.25) is 0 Å². The zero-order valence-electron chi connectivity index (χ0n) is 9.75. The summed E-state index contributed by atoms with van der Waals surface area (Å²) < 4.78 is 0. The van der Waals surface area contributed by atoms with Gasteiger partial charge < -0.3 is 15.9 Å². The van der Waals surface area contributed by atoms with Crippen LogP contribution in [0.5, 0.6) is 11.5 Å². The molecule has 0 spiro atoms. The molecule has 0 radical (unpaired) electrons. The summed E-state index contributed by atoms with van der Waals surface area (Å²) in [5.74, 6) is 1.48. The molecule has 0 bridgehead atoms. The van der Waals surface area contributed by atoms with Gasteiger partial charge in [0.15, 0.2) is 11.5 Å². The van der Waals surface area contributed by atoms with Crippen molar-refractivity contribution in [2.45, 2.75) is 0 Å². The molecule has 4 N–H and O–H groups in total. The lowest BCUT2D eigenvalue weighted by molar-refractivity contribution is 0.403. The topological polar surface area (TPSA) is 114 Å². The van der Waals surface area contributed by atoms with Gasteiger partial charge in [-0.15, -0.1) is 6.42 Å². The monoisotopic (exact) mass is 251 g/mol. The lowest BCUT2D eigenvalue weighted by Gasteiger charge is -2.02. The lowest BCUT2D eigenvalue weighted by Crippen LogP contribution is -2.03. The third-order valence-corrected chi connectivity index (χ3v) is 2.25. The Morgan fingerprint density at radius 3 is 2.37 bits per heavy atom. The Bertz CT molecular complexity index is 679. The van der Waals surface area contributed by atoms with Crippen LogP contribution in [0, 0.1) is 35.0 Å². The Balaban J connectivity index is 3.33. The first-order valence-corrected chi connectivity index (χ1v) is 5.04. The minimum Gasteiger partial charge on any atom is -0.504 e. The molecule has 0 amide bonds.